The highest BCUT2D eigenvalue weighted by atomic mass is 32.2. The molecule has 1 N–H and O–H groups in total. The molecule has 0 saturated carbocycles. The summed E-state index contributed by atoms with van der Waals surface area (Å²) >= 11 is 0. The molecule has 0 unspecified atom stereocenters. The minimum Gasteiger partial charge on any atom is -0.493 e. The topological polar surface area (TPSA) is 136 Å². The molecule has 2 aromatic rings. The molecule has 0 spiro atoms. The second-order valence-electron chi connectivity index (χ2n) is 5.65. The Balaban J connectivity index is 2.64. The molecule has 0 aliphatic carbocycles. The van der Waals surface area contributed by atoms with Crippen LogP contribution in [0.4, 0.5) is 11.4 Å². The van der Waals surface area contributed by atoms with Crippen molar-refractivity contribution < 1.29 is 32.7 Å². The third-order valence-corrected chi connectivity index (χ3v) is 5.67. The molecule has 0 saturated heterocycles. The summed E-state index contributed by atoms with van der Waals surface area (Å²) in [7, 11) is -1.67. The van der Waals surface area contributed by atoms with E-state index in [1.807, 2.05) is 0 Å². The largest absolute Gasteiger partial charge is 0.493 e. The van der Waals surface area contributed by atoms with Crippen molar-refractivity contribution in [1.82, 2.24) is 0 Å². The lowest BCUT2D eigenvalue weighted by Gasteiger charge is -2.23. The monoisotopic (exact) mass is 410 g/mol. The summed E-state index contributed by atoms with van der Waals surface area (Å²) in [5, 5.41) is 20.3. The lowest BCUT2D eigenvalue weighted by molar-refractivity contribution is -0.385. The van der Waals surface area contributed by atoms with Crippen molar-refractivity contribution in [2.45, 2.75) is 11.8 Å². The summed E-state index contributed by atoms with van der Waals surface area (Å²) in [4.78, 5) is 21.3. The molecule has 0 radical (unpaired) electrons. The second-order valence-corrected chi connectivity index (χ2v) is 7.51. The number of hydrogen-bond acceptors (Lipinski definition) is 7. The highest BCUT2D eigenvalue weighted by Crippen LogP contribution is 2.34. The number of aliphatic carboxylic acids is 1. The molecule has 10 nitrogen and oxygen atoms in total. The zero-order chi connectivity index (χ0) is 21.1. The second kappa shape index (κ2) is 8.13. The van der Waals surface area contributed by atoms with Gasteiger partial charge in [-0.3, -0.25) is 19.2 Å². The summed E-state index contributed by atoms with van der Waals surface area (Å²) in [6, 6.07) is 7.47. The van der Waals surface area contributed by atoms with Gasteiger partial charge in [-0.15, -0.1) is 0 Å². The van der Waals surface area contributed by atoms with E-state index < -0.39 is 32.4 Å². The normalized spacial score (nSPS) is 11.0. The molecule has 0 bridgehead atoms. The van der Waals surface area contributed by atoms with Crippen molar-refractivity contribution in [2.75, 3.05) is 25.1 Å². The molecule has 0 fully saturated rings. The fourth-order valence-corrected chi connectivity index (χ4v) is 3.92. The van der Waals surface area contributed by atoms with Crippen molar-refractivity contribution in [2.24, 2.45) is 0 Å². The molecule has 0 heterocycles. The summed E-state index contributed by atoms with van der Waals surface area (Å²) in [6.45, 7) is 0.581. The average molecular weight is 410 g/mol. The van der Waals surface area contributed by atoms with Gasteiger partial charge in [0.1, 0.15) is 6.54 Å². The fraction of sp³-hybridized carbons (Fsp3) is 0.235. The van der Waals surface area contributed by atoms with E-state index in [1.165, 1.54) is 51.5 Å². The number of ether oxygens (including phenoxy) is 2. The maximum Gasteiger partial charge on any atom is 0.324 e. The van der Waals surface area contributed by atoms with Gasteiger partial charge in [0.2, 0.25) is 0 Å². The Bertz CT molecular complexity index is 1020. The minimum atomic E-state index is -4.41. The number of nitro groups is 1. The van der Waals surface area contributed by atoms with E-state index in [9.17, 15) is 28.4 Å². The minimum absolute atomic E-state index is 0.00304. The van der Waals surface area contributed by atoms with Crippen LogP contribution >= 0.6 is 0 Å². The summed E-state index contributed by atoms with van der Waals surface area (Å²) in [5.41, 5.74) is -0.105. The molecule has 0 aromatic heterocycles. The van der Waals surface area contributed by atoms with E-state index in [1.54, 1.807) is 0 Å². The van der Waals surface area contributed by atoms with Crippen LogP contribution in [0, 0.1) is 17.0 Å². The first kappa shape index (κ1) is 21.0. The Kier molecular flexibility index (Phi) is 6.09. The van der Waals surface area contributed by atoms with Gasteiger partial charge < -0.3 is 14.6 Å². The lowest BCUT2D eigenvalue weighted by Crippen LogP contribution is -2.35. The molecule has 11 heteroatoms. The predicted molar refractivity (Wildman–Crippen MR) is 99.5 cm³/mol. The number of rotatable bonds is 8. The van der Waals surface area contributed by atoms with Crippen LogP contribution in [-0.2, 0) is 14.8 Å². The van der Waals surface area contributed by atoms with Crippen LogP contribution in [0.3, 0.4) is 0 Å². The van der Waals surface area contributed by atoms with Crippen molar-refractivity contribution in [3.63, 3.8) is 0 Å². The van der Waals surface area contributed by atoms with Crippen LogP contribution in [0.5, 0.6) is 11.5 Å². The van der Waals surface area contributed by atoms with Crippen molar-refractivity contribution in [3.05, 3.63) is 52.1 Å². The van der Waals surface area contributed by atoms with Crippen molar-refractivity contribution in [3.8, 4) is 11.5 Å². The Labute approximate surface area is 161 Å². The fourth-order valence-electron chi connectivity index (χ4n) is 2.49. The molecule has 28 heavy (non-hydrogen) atoms. The number of anilines is 1. The summed E-state index contributed by atoms with van der Waals surface area (Å²) < 4.78 is 37.0. The van der Waals surface area contributed by atoms with Gasteiger partial charge in [-0.2, -0.15) is 0 Å². The first-order valence-electron chi connectivity index (χ1n) is 7.83. The number of carbonyl (C=O) groups is 1. The van der Waals surface area contributed by atoms with E-state index in [2.05, 4.69) is 0 Å². The first-order valence-corrected chi connectivity index (χ1v) is 9.27. The number of hydrogen-bond donors (Lipinski definition) is 1. The van der Waals surface area contributed by atoms with Gasteiger partial charge in [0.25, 0.3) is 15.7 Å². The quantitative estimate of drug-likeness (QED) is 0.517. The van der Waals surface area contributed by atoms with Crippen LogP contribution in [0.25, 0.3) is 0 Å². The van der Waals surface area contributed by atoms with E-state index in [0.29, 0.717) is 10.1 Å². The molecular formula is C17H18N2O8S. The van der Waals surface area contributed by atoms with Gasteiger partial charge in [-0.05, 0) is 25.1 Å². The van der Waals surface area contributed by atoms with Crippen LogP contribution in [0.2, 0.25) is 0 Å². The van der Waals surface area contributed by atoms with Gasteiger partial charge >= 0.3 is 5.97 Å². The standard InChI is InChI=1S/C17H18N2O8S/c1-11-4-6-13(9-14(11)19(22)23)28(24,25)18(10-17(20)21)12-5-7-15(26-2)16(8-12)27-3/h4-9H,10H2,1-3H3,(H,20,21). The SMILES string of the molecule is COc1ccc(N(CC(=O)O)S(=O)(=O)c2ccc(C)c([N+](=O)[O-])c2)cc1OC. The maximum atomic E-state index is 13.1. The van der Waals surface area contributed by atoms with Crippen molar-refractivity contribution in [1.29, 1.82) is 0 Å². The molecule has 0 amide bonds. The zero-order valence-corrected chi connectivity index (χ0v) is 16.1. The van der Waals surface area contributed by atoms with Crippen LogP contribution in [0.1, 0.15) is 5.56 Å². The predicted octanol–water partition coefficient (Wildman–Crippen LogP) is 2.20. The molecule has 0 atom stereocenters. The third-order valence-electron chi connectivity index (χ3n) is 3.90. The van der Waals surface area contributed by atoms with E-state index >= 15 is 0 Å². The Morgan fingerprint density at radius 3 is 2.32 bits per heavy atom. The first-order chi connectivity index (χ1) is 13.1. The average Bonchev–Trinajstić information content (AvgIpc) is 2.65. The van der Waals surface area contributed by atoms with E-state index in [-0.39, 0.29) is 22.7 Å². The summed E-state index contributed by atoms with van der Waals surface area (Å²) in [5.74, 6) is -0.884. The van der Waals surface area contributed by atoms with Crippen LogP contribution in [0.15, 0.2) is 41.3 Å². The molecule has 2 aromatic carbocycles. The number of methoxy groups -OCH3 is 2. The maximum absolute atomic E-state index is 13.1. The number of benzene rings is 2. The zero-order valence-electron chi connectivity index (χ0n) is 15.3. The Morgan fingerprint density at radius 2 is 1.79 bits per heavy atom. The molecule has 2 rings (SSSR count). The number of sulfonamides is 1. The van der Waals surface area contributed by atoms with Gasteiger partial charge in [0.05, 0.1) is 29.7 Å². The highest BCUT2D eigenvalue weighted by Gasteiger charge is 2.29. The number of aryl methyl sites for hydroxylation is 1. The number of nitrogens with zero attached hydrogens (tertiary/aromatic N) is 2. The Hall–Kier alpha value is -3.34. The highest BCUT2D eigenvalue weighted by molar-refractivity contribution is 7.92. The number of carboxylic acids is 1. The van der Waals surface area contributed by atoms with E-state index in [0.717, 1.165) is 6.07 Å². The molecule has 0 aliphatic rings. The van der Waals surface area contributed by atoms with Gasteiger partial charge in [-0.25, -0.2) is 8.42 Å². The lowest BCUT2D eigenvalue weighted by atomic mass is 10.2. The van der Waals surface area contributed by atoms with Crippen molar-refractivity contribution >= 4 is 27.4 Å². The van der Waals surface area contributed by atoms with Crippen LogP contribution < -0.4 is 13.8 Å². The number of carboxylic acid groups (broad SMARTS) is 1. The van der Waals surface area contributed by atoms with Gasteiger partial charge in [0.15, 0.2) is 11.5 Å². The van der Waals surface area contributed by atoms with E-state index in [4.69, 9.17) is 9.47 Å². The number of nitro benzene ring substituents is 1. The van der Waals surface area contributed by atoms with Gasteiger partial charge in [0, 0.05) is 17.7 Å². The van der Waals surface area contributed by atoms with Gasteiger partial charge in [-0.1, -0.05) is 6.07 Å². The summed E-state index contributed by atoms with van der Waals surface area (Å²) in [6.07, 6.45) is 0. The molecule has 0 aliphatic heterocycles. The molecular weight excluding hydrogens is 392 g/mol. The van der Waals surface area contributed by atoms with Crippen LogP contribution in [-0.4, -0.2) is 45.2 Å². The third kappa shape index (κ3) is 4.14. The smallest absolute Gasteiger partial charge is 0.324 e. The molecule has 150 valence electrons. The Morgan fingerprint density at radius 1 is 1.14 bits per heavy atom.